The fourth-order valence-corrected chi connectivity index (χ4v) is 0.998. The maximum atomic E-state index is 11.4. The molecule has 0 aromatic rings. The number of nitrogens with two attached hydrogens (primary N) is 1. The van der Waals surface area contributed by atoms with Crippen LogP contribution in [-0.2, 0) is 14.3 Å². The van der Waals surface area contributed by atoms with E-state index in [1.807, 2.05) is 6.92 Å². The SMILES string of the molecule is CCCNC(=O)C(C)NC(=O)COCCN. The minimum atomic E-state index is -0.541. The van der Waals surface area contributed by atoms with Gasteiger partial charge in [-0.15, -0.1) is 0 Å². The van der Waals surface area contributed by atoms with Crippen LogP contribution in [0.25, 0.3) is 0 Å². The Labute approximate surface area is 95.9 Å². The standard InChI is InChI=1S/C10H21N3O3/c1-3-5-12-10(15)8(2)13-9(14)7-16-6-4-11/h8H,3-7,11H2,1-2H3,(H,12,15)(H,13,14). The van der Waals surface area contributed by atoms with Crippen molar-refractivity contribution in [1.29, 1.82) is 0 Å². The quantitative estimate of drug-likeness (QED) is 0.467. The van der Waals surface area contributed by atoms with Gasteiger partial charge in [-0.05, 0) is 13.3 Å². The average Bonchev–Trinajstić information content (AvgIpc) is 2.26. The first-order valence-corrected chi connectivity index (χ1v) is 5.46. The van der Waals surface area contributed by atoms with Crippen LogP contribution in [0.2, 0.25) is 0 Å². The van der Waals surface area contributed by atoms with Gasteiger partial charge in [-0.25, -0.2) is 0 Å². The lowest BCUT2D eigenvalue weighted by molar-refractivity contribution is -0.131. The molecule has 0 spiro atoms. The summed E-state index contributed by atoms with van der Waals surface area (Å²) in [7, 11) is 0. The summed E-state index contributed by atoms with van der Waals surface area (Å²) in [5, 5.41) is 5.22. The summed E-state index contributed by atoms with van der Waals surface area (Å²) < 4.78 is 4.94. The zero-order valence-corrected chi connectivity index (χ0v) is 9.91. The third-order valence-corrected chi connectivity index (χ3v) is 1.82. The monoisotopic (exact) mass is 231 g/mol. The van der Waals surface area contributed by atoms with E-state index in [4.69, 9.17) is 10.5 Å². The van der Waals surface area contributed by atoms with E-state index in [9.17, 15) is 9.59 Å². The molecule has 0 aromatic heterocycles. The Morgan fingerprint density at radius 1 is 1.44 bits per heavy atom. The minimum Gasteiger partial charge on any atom is -0.370 e. The molecule has 0 radical (unpaired) electrons. The van der Waals surface area contributed by atoms with Gasteiger partial charge in [0.2, 0.25) is 11.8 Å². The molecule has 0 bridgehead atoms. The molecule has 6 heteroatoms. The molecule has 0 rings (SSSR count). The van der Waals surface area contributed by atoms with Crippen LogP contribution in [0, 0.1) is 0 Å². The van der Waals surface area contributed by atoms with Gasteiger partial charge in [0.15, 0.2) is 0 Å². The van der Waals surface area contributed by atoms with E-state index in [1.165, 1.54) is 0 Å². The van der Waals surface area contributed by atoms with Crippen molar-refractivity contribution in [1.82, 2.24) is 10.6 Å². The van der Waals surface area contributed by atoms with Gasteiger partial charge in [-0.1, -0.05) is 6.92 Å². The molecule has 0 aromatic carbocycles. The van der Waals surface area contributed by atoms with Gasteiger partial charge in [0, 0.05) is 13.1 Å². The Bertz CT molecular complexity index is 221. The van der Waals surface area contributed by atoms with Crippen LogP contribution in [0.4, 0.5) is 0 Å². The van der Waals surface area contributed by atoms with Crippen molar-refractivity contribution in [3.05, 3.63) is 0 Å². The largest absolute Gasteiger partial charge is 0.370 e. The van der Waals surface area contributed by atoms with Crippen molar-refractivity contribution in [2.75, 3.05) is 26.3 Å². The number of hydrogen-bond acceptors (Lipinski definition) is 4. The fourth-order valence-electron chi connectivity index (χ4n) is 0.998. The number of rotatable bonds is 8. The molecule has 0 heterocycles. The molecule has 4 N–H and O–H groups in total. The van der Waals surface area contributed by atoms with Gasteiger partial charge < -0.3 is 21.1 Å². The first kappa shape index (κ1) is 14.9. The molecule has 94 valence electrons. The topological polar surface area (TPSA) is 93.5 Å². The van der Waals surface area contributed by atoms with Crippen molar-refractivity contribution in [2.24, 2.45) is 5.73 Å². The van der Waals surface area contributed by atoms with Crippen molar-refractivity contribution in [3.8, 4) is 0 Å². The van der Waals surface area contributed by atoms with E-state index in [2.05, 4.69) is 10.6 Å². The number of carbonyl (C=O) groups excluding carboxylic acids is 2. The maximum Gasteiger partial charge on any atom is 0.246 e. The minimum absolute atomic E-state index is 0.0669. The lowest BCUT2D eigenvalue weighted by Crippen LogP contribution is -2.46. The molecule has 0 fully saturated rings. The lowest BCUT2D eigenvalue weighted by Gasteiger charge is -2.13. The van der Waals surface area contributed by atoms with Gasteiger partial charge in [0.25, 0.3) is 0 Å². The predicted molar refractivity (Wildman–Crippen MR) is 60.8 cm³/mol. The first-order valence-electron chi connectivity index (χ1n) is 5.46. The Hall–Kier alpha value is -1.14. The van der Waals surface area contributed by atoms with E-state index in [-0.39, 0.29) is 18.4 Å². The molecule has 0 saturated carbocycles. The average molecular weight is 231 g/mol. The molecule has 2 amide bonds. The van der Waals surface area contributed by atoms with Gasteiger partial charge in [-0.3, -0.25) is 9.59 Å². The summed E-state index contributed by atoms with van der Waals surface area (Å²) in [6.45, 7) is 4.85. The number of ether oxygens (including phenoxy) is 1. The Kier molecular flexibility index (Phi) is 8.46. The van der Waals surface area contributed by atoms with Gasteiger partial charge in [0.05, 0.1) is 6.61 Å². The second-order valence-electron chi connectivity index (χ2n) is 3.42. The van der Waals surface area contributed by atoms with E-state index in [0.29, 0.717) is 19.7 Å². The fraction of sp³-hybridized carbons (Fsp3) is 0.800. The van der Waals surface area contributed by atoms with E-state index >= 15 is 0 Å². The van der Waals surface area contributed by atoms with E-state index in [1.54, 1.807) is 6.92 Å². The highest BCUT2D eigenvalue weighted by Gasteiger charge is 2.14. The zero-order valence-electron chi connectivity index (χ0n) is 9.91. The van der Waals surface area contributed by atoms with Crippen molar-refractivity contribution >= 4 is 11.8 Å². The molecule has 0 saturated heterocycles. The lowest BCUT2D eigenvalue weighted by atomic mass is 10.3. The summed E-state index contributed by atoms with van der Waals surface area (Å²) in [5.74, 6) is -0.498. The Balaban J connectivity index is 3.71. The number of nitrogens with one attached hydrogen (secondary N) is 2. The maximum absolute atomic E-state index is 11.4. The highest BCUT2D eigenvalue weighted by atomic mass is 16.5. The molecule has 1 unspecified atom stereocenters. The van der Waals surface area contributed by atoms with Gasteiger partial charge in [0.1, 0.15) is 12.6 Å². The number of hydrogen-bond donors (Lipinski definition) is 3. The normalized spacial score (nSPS) is 11.9. The van der Waals surface area contributed by atoms with Crippen LogP contribution in [0.1, 0.15) is 20.3 Å². The second-order valence-corrected chi connectivity index (χ2v) is 3.42. The van der Waals surface area contributed by atoms with Crippen molar-refractivity contribution < 1.29 is 14.3 Å². The number of carbonyl (C=O) groups is 2. The van der Waals surface area contributed by atoms with Crippen LogP contribution in [0.15, 0.2) is 0 Å². The molecule has 0 aliphatic rings. The molecule has 16 heavy (non-hydrogen) atoms. The Morgan fingerprint density at radius 2 is 2.12 bits per heavy atom. The highest BCUT2D eigenvalue weighted by Crippen LogP contribution is 1.84. The molecule has 0 aliphatic heterocycles. The summed E-state index contributed by atoms with van der Waals surface area (Å²) in [4.78, 5) is 22.6. The van der Waals surface area contributed by atoms with Crippen LogP contribution in [0.3, 0.4) is 0 Å². The van der Waals surface area contributed by atoms with E-state index in [0.717, 1.165) is 6.42 Å². The summed E-state index contributed by atoms with van der Waals surface area (Å²) in [6.07, 6.45) is 0.867. The van der Waals surface area contributed by atoms with E-state index < -0.39 is 6.04 Å². The van der Waals surface area contributed by atoms with Gasteiger partial charge >= 0.3 is 0 Å². The van der Waals surface area contributed by atoms with Crippen LogP contribution < -0.4 is 16.4 Å². The number of amides is 2. The summed E-state index contributed by atoms with van der Waals surface area (Å²) in [6, 6.07) is -0.541. The molecule has 6 nitrogen and oxygen atoms in total. The zero-order chi connectivity index (χ0) is 12.4. The summed E-state index contributed by atoms with van der Waals surface area (Å²) >= 11 is 0. The smallest absolute Gasteiger partial charge is 0.246 e. The van der Waals surface area contributed by atoms with Crippen LogP contribution in [-0.4, -0.2) is 44.2 Å². The van der Waals surface area contributed by atoms with Crippen LogP contribution >= 0.6 is 0 Å². The molecular formula is C10H21N3O3. The molecule has 1 atom stereocenters. The predicted octanol–water partition coefficient (Wildman–Crippen LogP) is -1.01. The van der Waals surface area contributed by atoms with Gasteiger partial charge in [-0.2, -0.15) is 0 Å². The molecular weight excluding hydrogens is 210 g/mol. The summed E-state index contributed by atoms with van der Waals surface area (Å²) in [5.41, 5.74) is 5.20. The van der Waals surface area contributed by atoms with Crippen molar-refractivity contribution in [3.63, 3.8) is 0 Å². The Morgan fingerprint density at radius 3 is 2.69 bits per heavy atom. The van der Waals surface area contributed by atoms with Crippen LogP contribution in [0.5, 0.6) is 0 Å². The molecule has 0 aliphatic carbocycles. The second kappa shape index (κ2) is 9.11. The first-order chi connectivity index (χ1) is 7.61. The third-order valence-electron chi connectivity index (χ3n) is 1.82. The highest BCUT2D eigenvalue weighted by molar-refractivity contribution is 5.87. The van der Waals surface area contributed by atoms with Crippen molar-refractivity contribution in [2.45, 2.75) is 26.3 Å². The third kappa shape index (κ3) is 7.19.